The summed E-state index contributed by atoms with van der Waals surface area (Å²) in [4.78, 5) is 4.21. The van der Waals surface area contributed by atoms with Crippen molar-refractivity contribution in [1.29, 1.82) is 0 Å². The molecule has 3 nitrogen and oxygen atoms in total. The van der Waals surface area contributed by atoms with Gasteiger partial charge in [-0.3, -0.25) is 9.67 Å². The second-order valence-electron chi connectivity index (χ2n) is 4.01. The maximum atomic E-state index is 13.6. The molecule has 0 bridgehead atoms. The van der Waals surface area contributed by atoms with E-state index in [2.05, 4.69) is 10.1 Å². The van der Waals surface area contributed by atoms with Crippen LogP contribution in [0.4, 0.5) is 4.39 Å². The van der Waals surface area contributed by atoms with E-state index in [-0.39, 0.29) is 17.7 Å². The van der Waals surface area contributed by atoms with E-state index in [0.717, 1.165) is 5.69 Å². The van der Waals surface area contributed by atoms with Crippen LogP contribution >= 0.6 is 11.6 Å². The maximum Gasteiger partial charge on any atom is 0.131 e. The number of pyridine rings is 1. The Morgan fingerprint density at radius 1 is 1.35 bits per heavy atom. The highest BCUT2D eigenvalue weighted by molar-refractivity contribution is 6.17. The van der Waals surface area contributed by atoms with Gasteiger partial charge in [0.2, 0.25) is 0 Å². The Hall–Kier alpha value is -1.42. The van der Waals surface area contributed by atoms with Gasteiger partial charge in [-0.1, -0.05) is 0 Å². The Bertz CT molecular complexity index is 522. The lowest BCUT2D eigenvalue weighted by atomic mass is 10.1. The fraction of sp³-hybridized carbons (Fsp3) is 0.333. The van der Waals surface area contributed by atoms with Crippen molar-refractivity contribution < 1.29 is 4.39 Å². The molecule has 2 aromatic rings. The second-order valence-corrected chi connectivity index (χ2v) is 4.28. The van der Waals surface area contributed by atoms with Crippen molar-refractivity contribution in [2.45, 2.75) is 25.8 Å². The topological polar surface area (TPSA) is 30.7 Å². The second kappa shape index (κ2) is 4.84. The van der Waals surface area contributed by atoms with Crippen molar-refractivity contribution >= 4 is 11.6 Å². The fourth-order valence-corrected chi connectivity index (χ4v) is 1.98. The van der Waals surface area contributed by atoms with Gasteiger partial charge in [-0.2, -0.15) is 5.10 Å². The quantitative estimate of drug-likeness (QED) is 0.785. The zero-order valence-corrected chi connectivity index (χ0v) is 10.4. The average Bonchev–Trinajstić information content (AvgIpc) is 2.77. The summed E-state index contributed by atoms with van der Waals surface area (Å²) in [7, 11) is 0. The Kier molecular flexibility index (Phi) is 3.43. The average molecular weight is 254 g/mol. The van der Waals surface area contributed by atoms with Gasteiger partial charge in [-0.15, -0.1) is 11.6 Å². The standard InChI is InChI=1S/C12H13ClFN3/c1-8(2)17-11(4-6-16-17)12-9(7-13)10(14)3-5-15-12/h3-6,8H,7H2,1-2H3. The molecule has 0 aliphatic rings. The predicted molar refractivity (Wildman–Crippen MR) is 65.4 cm³/mol. The van der Waals surface area contributed by atoms with Crippen LogP contribution in [0.2, 0.25) is 0 Å². The third-order valence-corrected chi connectivity index (χ3v) is 2.80. The molecule has 0 aromatic carbocycles. The van der Waals surface area contributed by atoms with E-state index >= 15 is 0 Å². The molecule has 0 atom stereocenters. The lowest BCUT2D eigenvalue weighted by Crippen LogP contribution is -2.07. The first-order valence-corrected chi connectivity index (χ1v) is 5.91. The highest BCUT2D eigenvalue weighted by atomic mass is 35.5. The molecule has 0 aliphatic carbocycles. The molecule has 90 valence electrons. The summed E-state index contributed by atoms with van der Waals surface area (Å²) >= 11 is 5.78. The number of hydrogen-bond donors (Lipinski definition) is 0. The maximum absolute atomic E-state index is 13.6. The molecular formula is C12H13ClFN3. The lowest BCUT2D eigenvalue weighted by molar-refractivity contribution is 0.536. The van der Waals surface area contributed by atoms with Gasteiger partial charge >= 0.3 is 0 Å². The smallest absolute Gasteiger partial charge is 0.131 e. The largest absolute Gasteiger partial charge is 0.261 e. The Labute approximate surface area is 104 Å². The molecule has 0 fully saturated rings. The molecule has 2 rings (SSSR count). The molecule has 0 N–H and O–H groups in total. The summed E-state index contributed by atoms with van der Waals surface area (Å²) in [5.41, 5.74) is 1.76. The number of nitrogens with zero attached hydrogens (tertiary/aromatic N) is 3. The van der Waals surface area contributed by atoms with Crippen LogP contribution in [0, 0.1) is 5.82 Å². The van der Waals surface area contributed by atoms with Gasteiger partial charge in [0.15, 0.2) is 0 Å². The molecule has 0 radical (unpaired) electrons. The number of alkyl halides is 1. The molecule has 0 spiro atoms. The minimum atomic E-state index is -0.332. The summed E-state index contributed by atoms with van der Waals surface area (Å²) in [6, 6.07) is 3.32. The van der Waals surface area contributed by atoms with Crippen LogP contribution < -0.4 is 0 Å². The van der Waals surface area contributed by atoms with Crippen LogP contribution in [0.25, 0.3) is 11.4 Å². The van der Waals surface area contributed by atoms with E-state index in [1.54, 1.807) is 10.9 Å². The summed E-state index contributed by atoms with van der Waals surface area (Å²) in [6.07, 6.45) is 3.12. The first-order chi connectivity index (χ1) is 8.15. The molecule has 5 heteroatoms. The summed E-state index contributed by atoms with van der Waals surface area (Å²) in [5, 5.41) is 4.21. The van der Waals surface area contributed by atoms with E-state index in [1.807, 2.05) is 19.9 Å². The molecule has 2 aromatic heterocycles. The molecule has 0 unspecified atom stereocenters. The van der Waals surface area contributed by atoms with Crippen molar-refractivity contribution in [1.82, 2.24) is 14.8 Å². The van der Waals surface area contributed by atoms with Gasteiger partial charge in [0.25, 0.3) is 0 Å². The van der Waals surface area contributed by atoms with Crippen molar-refractivity contribution in [3.63, 3.8) is 0 Å². The van der Waals surface area contributed by atoms with Crippen LogP contribution in [0.3, 0.4) is 0 Å². The van der Waals surface area contributed by atoms with E-state index < -0.39 is 0 Å². The van der Waals surface area contributed by atoms with Crippen molar-refractivity contribution in [2.75, 3.05) is 0 Å². The molecule has 0 amide bonds. The van der Waals surface area contributed by atoms with Gasteiger partial charge in [0.05, 0.1) is 17.3 Å². The highest BCUT2D eigenvalue weighted by Gasteiger charge is 2.15. The van der Waals surface area contributed by atoms with Gasteiger partial charge in [-0.25, -0.2) is 4.39 Å². The molecule has 17 heavy (non-hydrogen) atoms. The molecular weight excluding hydrogens is 241 g/mol. The highest BCUT2D eigenvalue weighted by Crippen LogP contribution is 2.26. The first-order valence-electron chi connectivity index (χ1n) is 5.38. The van der Waals surface area contributed by atoms with Gasteiger partial charge < -0.3 is 0 Å². The Balaban J connectivity index is 2.60. The number of hydrogen-bond acceptors (Lipinski definition) is 2. The third-order valence-electron chi connectivity index (χ3n) is 2.53. The minimum Gasteiger partial charge on any atom is -0.261 e. The van der Waals surface area contributed by atoms with Crippen LogP contribution in [-0.4, -0.2) is 14.8 Å². The van der Waals surface area contributed by atoms with Crippen molar-refractivity contribution in [2.24, 2.45) is 0 Å². The molecule has 0 saturated carbocycles. The number of aromatic nitrogens is 3. The Morgan fingerprint density at radius 3 is 2.76 bits per heavy atom. The van der Waals surface area contributed by atoms with Crippen LogP contribution in [0.5, 0.6) is 0 Å². The lowest BCUT2D eigenvalue weighted by Gasteiger charge is -2.12. The monoisotopic (exact) mass is 253 g/mol. The minimum absolute atomic E-state index is 0.0955. The Morgan fingerprint density at radius 2 is 2.12 bits per heavy atom. The first kappa shape index (κ1) is 12.0. The van der Waals surface area contributed by atoms with E-state index in [1.165, 1.54) is 12.3 Å². The van der Waals surface area contributed by atoms with Gasteiger partial charge in [0, 0.05) is 24.0 Å². The number of rotatable bonds is 3. The van der Waals surface area contributed by atoms with E-state index in [4.69, 9.17) is 11.6 Å². The van der Waals surface area contributed by atoms with Crippen LogP contribution in [-0.2, 0) is 5.88 Å². The van der Waals surface area contributed by atoms with Crippen LogP contribution in [0.15, 0.2) is 24.5 Å². The van der Waals surface area contributed by atoms with Crippen molar-refractivity contribution in [3.05, 3.63) is 35.9 Å². The van der Waals surface area contributed by atoms with Gasteiger partial charge in [-0.05, 0) is 26.0 Å². The SMILES string of the molecule is CC(C)n1nccc1-c1nccc(F)c1CCl. The zero-order chi connectivity index (χ0) is 12.4. The normalized spacial score (nSPS) is 11.1. The van der Waals surface area contributed by atoms with E-state index in [0.29, 0.717) is 11.3 Å². The zero-order valence-electron chi connectivity index (χ0n) is 9.69. The molecule has 0 aliphatic heterocycles. The molecule has 2 heterocycles. The fourth-order valence-electron chi connectivity index (χ4n) is 1.73. The number of halogens is 2. The van der Waals surface area contributed by atoms with E-state index in [9.17, 15) is 4.39 Å². The summed E-state index contributed by atoms with van der Waals surface area (Å²) < 4.78 is 15.4. The summed E-state index contributed by atoms with van der Waals surface area (Å²) in [5.74, 6) is -0.236. The summed E-state index contributed by atoms with van der Waals surface area (Å²) in [6.45, 7) is 4.02. The van der Waals surface area contributed by atoms with Gasteiger partial charge in [0.1, 0.15) is 5.82 Å². The van der Waals surface area contributed by atoms with Crippen LogP contribution in [0.1, 0.15) is 25.5 Å². The molecule has 0 saturated heterocycles. The predicted octanol–water partition coefficient (Wildman–Crippen LogP) is 3.40. The third kappa shape index (κ3) is 2.17. The van der Waals surface area contributed by atoms with Crippen molar-refractivity contribution in [3.8, 4) is 11.4 Å².